The quantitative estimate of drug-likeness (QED) is 0.886. The summed E-state index contributed by atoms with van der Waals surface area (Å²) in [6.07, 6.45) is 0.934. The summed E-state index contributed by atoms with van der Waals surface area (Å²) in [4.78, 5) is 22.9. The Bertz CT molecular complexity index is 647. The SMILES string of the molecule is CCc1ccc(C(=O)NCc2cccc(C(=O)O)c2)cc1. The molecule has 0 aliphatic rings. The number of carboxylic acid groups (broad SMARTS) is 1. The number of nitrogens with one attached hydrogen (secondary N) is 1. The molecule has 2 rings (SSSR count). The molecule has 2 N–H and O–H groups in total. The Morgan fingerprint density at radius 1 is 1.00 bits per heavy atom. The van der Waals surface area contributed by atoms with Gasteiger partial charge in [-0.1, -0.05) is 31.2 Å². The van der Waals surface area contributed by atoms with Crippen LogP contribution in [0.1, 0.15) is 38.8 Å². The van der Waals surface area contributed by atoms with Gasteiger partial charge in [0.05, 0.1) is 5.56 Å². The third-order valence-electron chi connectivity index (χ3n) is 3.25. The van der Waals surface area contributed by atoms with Gasteiger partial charge in [0.25, 0.3) is 5.91 Å². The van der Waals surface area contributed by atoms with Crippen molar-refractivity contribution in [3.63, 3.8) is 0 Å². The first kappa shape index (κ1) is 14.8. The highest BCUT2D eigenvalue weighted by molar-refractivity contribution is 5.94. The topological polar surface area (TPSA) is 66.4 Å². The molecule has 0 unspecified atom stereocenters. The Kier molecular flexibility index (Phi) is 4.72. The molecule has 0 spiro atoms. The Labute approximate surface area is 123 Å². The Morgan fingerprint density at radius 3 is 2.33 bits per heavy atom. The second-order valence-corrected chi connectivity index (χ2v) is 4.74. The zero-order valence-electron chi connectivity index (χ0n) is 11.8. The second-order valence-electron chi connectivity index (χ2n) is 4.74. The molecule has 0 heterocycles. The number of carbonyl (C=O) groups excluding carboxylic acids is 1. The minimum atomic E-state index is -0.974. The predicted octanol–water partition coefficient (Wildman–Crippen LogP) is 2.88. The van der Waals surface area contributed by atoms with Gasteiger partial charge in [0.15, 0.2) is 0 Å². The molecule has 0 aliphatic heterocycles. The molecule has 0 fully saturated rings. The van der Waals surface area contributed by atoms with E-state index in [1.807, 2.05) is 12.1 Å². The molecule has 2 aromatic rings. The first-order valence-corrected chi connectivity index (χ1v) is 6.79. The lowest BCUT2D eigenvalue weighted by atomic mass is 10.1. The van der Waals surface area contributed by atoms with Crippen molar-refractivity contribution in [1.82, 2.24) is 5.32 Å². The number of rotatable bonds is 5. The molecule has 0 aromatic heterocycles. The van der Waals surface area contributed by atoms with Crippen molar-refractivity contribution >= 4 is 11.9 Å². The second kappa shape index (κ2) is 6.70. The number of aryl methyl sites for hydroxylation is 1. The largest absolute Gasteiger partial charge is 0.478 e. The van der Waals surface area contributed by atoms with Gasteiger partial charge in [-0.15, -0.1) is 0 Å². The van der Waals surface area contributed by atoms with Crippen molar-refractivity contribution in [3.8, 4) is 0 Å². The van der Waals surface area contributed by atoms with Crippen LogP contribution < -0.4 is 5.32 Å². The van der Waals surface area contributed by atoms with E-state index in [1.54, 1.807) is 30.3 Å². The van der Waals surface area contributed by atoms with Crippen LogP contribution in [0.2, 0.25) is 0 Å². The molecule has 4 heteroatoms. The van der Waals surface area contributed by atoms with E-state index in [-0.39, 0.29) is 11.5 Å². The molecule has 2 aromatic carbocycles. The average molecular weight is 283 g/mol. The van der Waals surface area contributed by atoms with Crippen molar-refractivity contribution in [1.29, 1.82) is 0 Å². The number of benzene rings is 2. The van der Waals surface area contributed by atoms with E-state index in [4.69, 9.17) is 5.11 Å². The van der Waals surface area contributed by atoms with Gasteiger partial charge in [0.1, 0.15) is 0 Å². The molecule has 108 valence electrons. The van der Waals surface area contributed by atoms with Crippen molar-refractivity contribution in [2.45, 2.75) is 19.9 Å². The van der Waals surface area contributed by atoms with Crippen LogP contribution in [0, 0.1) is 0 Å². The Hall–Kier alpha value is -2.62. The molecular weight excluding hydrogens is 266 g/mol. The Morgan fingerprint density at radius 2 is 1.71 bits per heavy atom. The lowest BCUT2D eigenvalue weighted by molar-refractivity contribution is 0.0696. The third kappa shape index (κ3) is 3.92. The van der Waals surface area contributed by atoms with Gasteiger partial charge in [0.2, 0.25) is 0 Å². The van der Waals surface area contributed by atoms with Crippen LogP contribution in [-0.2, 0) is 13.0 Å². The van der Waals surface area contributed by atoms with Crippen LogP contribution in [0.15, 0.2) is 48.5 Å². The molecule has 0 saturated carbocycles. The van der Waals surface area contributed by atoms with E-state index < -0.39 is 5.97 Å². The van der Waals surface area contributed by atoms with Gasteiger partial charge in [-0.2, -0.15) is 0 Å². The smallest absolute Gasteiger partial charge is 0.335 e. The van der Waals surface area contributed by atoms with Crippen LogP contribution in [0.3, 0.4) is 0 Å². The highest BCUT2D eigenvalue weighted by atomic mass is 16.4. The average Bonchev–Trinajstić information content (AvgIpc) is 2.53. The minimum Gasteiger partial charge on any atom is -0.478 e. The summed E-state index contributed by atoms with van der Waals surface area (Å²) in [5.74, 6) is -1.14. The third-order valence-corrected chi connectivity index (χ3v) is 3.25. The van der Waals surface area contributed by atoms with Crippen molar-refractivity contribution in [3.05, 3.63) is 70.8 Å². The zero-order valence-corrected chi connectivity index (χ0v) is 11.8. The molecule has 0 aliphatic carbocycles. The molecule has 21 heavy (non-hydrogen) atoms. The van der Waals surface area contributed by atoms with Crippen LogP contribution in [0.25, 0.3) is 0 Å². The first-order chi connectivity index (χ1) is 10.1. The van der Waals surface area contributed by atoms with Gasteiger partial charge in [-0.3, -0.25) is 4.79 Å². The fourth-order valence-electron chi connectivity index (χ4n) is 1.99. The number of hydrogen-bond acceptors (Lipinski definition) is 2. The van der Waals surface area contributed by atoms with E-state index in [0.717, 1.165) is 12.0 Å². The maximum Gasteiger partial charge on any atom is 0.335 e. The molecule has 0 radical (unpaired) electrons. The number of carbonyl (C=O) groups is 2. The lowest BCUT2D eigenvalue weighted by Gasteiger charge is -2.07. The van der Waals surface area contributed by atoms with Gasteiger partial charge in [-0.05, 0) is 41.8 Å². The fourth-order valence-corrected chi connectivity index (χ4v) is 1.99. The molecular formula is C17H17NO3. The molecule has 0 saturated heterocycles. The summed E-state index contributed by atoms with van der Waals surface area (Å²) < 4.78 is 0. The summed E-state index contributed by atoms with van der Waals surface area (Å²) in [6, 6.07) is 14.0. The van der Waals surface area contributed by atoms with Gasteiger partial charge in [0, 0.05) is 12.1 Å². The van der Waals surface area contributed by atoms with E-state index in [1.165, 1.54) is 11.6 Å². The minimum absolute atomic E-state index is 0.168. The van der Waals surface area contributed by atoms with Crippen LogP contribution in [0.5, 0.6) is 0 Å². The maximum atomic E-state index is 12.0. The van der Waals surface area contributed by atoms with Crippen molar-refractivity contribution in [2.75, 3.05) is 0 Å². The van der Waals surface area contributed by atoms with Crippen LogP contribution >= 0.6 is 0 Å². The van der Waals surface area contributed by atoms with Crippen LogP contribution in [0.4, 0.5) is 0 Å². The van der Waals surface area contributed by atoms with E-state index in [0.29, 0.717) is 12.1 Å². The number of hydrogen-bond donors (Lipinski definition) is 2. The van der Waals surface area contributed by atoms with Crippen molar-refractivity contribution < 1.29 is 14.7 Å². The van der Waals surface area contributed by atoms with E-state index >= 15 is 0 Å². The highest BCUT2D eigenvalue weighted by Gasteiger charge is 2.07. The van der Waals surface area contributed by atoms with E-state index in [2.05, 4.69) is 12.2 Å². The monoisotopic (exact) mass is 283 g/mol. The van der Waals surface area contributed by atoms with E-state index in [9.17, 15) is 9.59 Å². The number of amides is 1. The predicted molar refractivity (Wildman–Crippen MR) is 80.4 cm³/mol. The summed E-state index contributed by atoms with van der Waals surface area (Å²) in [5, 5.41) is 11.7. The molecule has 1 amide bonds. The summed E-state index contributed by atoms with van der Waals surface area (Å²) in [6.45, 7) is 2.36. The Balaban J connectivity index is 2.00. The fraction of sp³-hybridized carbons (Fsp3) is 0.176. The summed E-state index contributed by atoms with van der Waals surface area (Å²) >= 11 is 0. The number of aromatic carboxylic acids is 1. The highest BCUT2D eigenvalue weighted by Crippen LogP contribution is 2.07. The number of carboxylic acids is 1. The first-order valence-electron chi connectivity index (χ1n) is 6.79. The van der Waals surface area contributed by atoms with Gasteiger partial charge >= 0.3 is 5.97 Å². The lowest BCUT2D eigenvalue weighted by Crippen LogP contribution is -2.22. The molecule has 0 bridgehead atoms. The summed E-state index contributed by atoms with van der Waals surface area (Å²) in [7, 11) is 0. The van der Waals surface area contributed by atoms with Crippen LogP contribution in [-0.4, -0.2) is 17.0 Å². The van der Waals surface area contributed by atoms with Gasteiger partial charge in [-0.25, -0.2) is 4.79 Å². The maximum absolute atomic E-state index is 12.0. The summed E-state index contributed by atoms with van der Waals surface area (Å²) in [5.41, 5.74) is 2.75. The molecule has 4 nitrogen and oxygen atoms in total. The normalized spacial score (nSPS) is 10.1. The standard InChI is InChI=1S/C17H17NO3/c1-2-12-6-8-14(9-7-12)16(19)18-11-13-4-3-5-15(10-13)17(20)21/h3-10H,2,11H2,1H3,(H,18,19)(H,20,21). The van der Waals surface area contributed by atoms with Crippen molar-refractivity contribution in [2.24, 2.45) is 0 Å². The molecule has 0 atom stereocenters. The van der Waals surface area contributed by atoms with Gasteiger partial charge < -0.3 is 10.4 Å². The zero-order chi connectivity index (χ0) is 15.2.